The maximum absolute atomic E-state index is 13.2. The Hall–Kier alpha value is -3.26. The van der Waals surface area contributed by atoms with Crippen LogP contribution < -0.4 is 10.1 Å². The van der Waals surface area contributed by atoms with Crippen LogP contribution in [0.3, 0.4) is 0 Å². The molecule has 0 heterocycles. The molecule has 0 aliphatic heterocycles. The zero-order valence-electron chi connectivity index (χ0n) is 18.8. The number of alkyl halides is 3. The van der Waals surface area contributed by atoms with Crippen LogP contribution in [0.1, 0.15) is 47.7 Å². The van der Waals surface area contributed by atoms with Gasteiger partial charge in [-0.15, -0.1) is 0 Å². The molecular weight excluding hydrogens is 483 g/mol. The average Bonchev–Trinajstić information content (AvgIpc) is 2.78. The molecule has 1 aliphatic rings. The van der Waals surface area contributed by atoms with Gasteiger partial charge in [0.2, 0.25) is 0 Å². The molecule has 0 spiro atoms. The van der Waals surface area contributed by atoms with E-state index in [1.54, 1.807) is 24.3 Å². The molecule has 1 atom stereocenters. The Morgan fingerprint density at radius 2 is 1.77 bits per heavy atom. The lowest BCUT2D eigenvalue weighted by Gasteiger charge is -2.43. The third-order valence-corrected chi connectivity index (χ3v) is 6.79. The molecule has 0 unspecified atom stereocenters. The fraction of sp³-hybridized carbons (Fsp3) is 0.308. The van der Waals surface area contributed by atoms with Crippen molar-refractivity contribution in [1.82, 2.24) is 5.32 Å². The van der Waals surface area contributed by atoms with Gasteiger partial charge < -0.3 is 15.2 Å². The first-order valence-electron chi connectivity index (χ1n) is 11.0. The highest BCUT2D eigenvalue weighted by Crippen LogP contribution is 2.44. The summed E-state index contributed by atoms with van der Waals surface area (Å²) in [4.78, 5) is 25.2. The van der Waals surface area contributed by atoms with Crippen molar-refractivity contribution in [2.45, 2.75) is 45.0 Å². The van der Waals surface area contributed by atoms with E-state index in [0.717, 1.165) is 23.9 Å². The Balaban J connectivity index is 1.66. The molecule has 0 bridgehead atoms. The largest absolute Gasteiger partial charge is 0.487 e. The highest BCUT2D eigenvalue weighted by atomic mass is 35.5. The van der Waals surface area contributed by atoms with E-state index in [2.05, 4.69) is 5.32 Å². The Kier molecular flexibility index (Phi) is 6.68. The van der Waals surface area contributed by atoms with E-state index in [1.165, 1.54) is 18.2 Å². The number of hydrogen-bond acceptors (Lipinski definition) is 3. The first kappa shape index (κ1) is 24.9. The molecule has 0 saturated heterocycles. The van der Waals surface area contributed by atoms with Crippen LogP contribution in [0, 0.1) is 5.41 Å². The quantitative estimate of drug-likeness (QED) is 0.386. The molecule has 2 N–H and O–H groups in total. The minimum absolute atomic E-state index is 0.107. The summed E-state index contributed by atoms with van der Waals surface area (Å²) in [6.45, 7) is 1.72. The first-order chi connectivity index (χ1) is 16.5. The SMILES string of the molecule is CC1([C@H](NC(=O)c2ccc3ccc(Cl)cc3c2OCc2ccc(C(F)(F)F)cc2)C(=O)O)CCC1. The number of carbonyl (C=O) groups is 2. The molecule has 3 aromatic rings. The number of carboxylic acid groups (broad SMARTS) is 1. The summed E-state index contributed by atoms with van der Waals surface area (Å²) in [6, 6.07) is 11.8. The van der Waals surface area contributed by atoms with E-state index >= 15 is 0 Å². The second kappa shape index (κ2) is 9.41. The number of ether oxygens (including phenoxy) is 1. The lowest BCUT2D eigenvalue weighted by Crippen LogP contribution is -2.54. The van der Waals surface area contributed by atoms with Gasteiger partial charge in [-0.25, -0.2) is 4.79 Å². The normalized spacial score (nSPS) is 15.8. The number of carbonyl (C=O) groups excluding carboxylic acids is 1. The third-order valence-electron chi connectivity index (χ3n) is 6.56. The standard InChI is InChI=1S/C26H23ClF3NO4/c1-25(11-2-12-25)22(24(33)34)31-23(32)19-10-6-16-5-9-18(27)13-20(16)21(19)35-14-15-3-7-17(8-4-15)26(28,29)30/h3-10,13,22H,2,11-12,14H2,1H3,(H,31,32)(H,33,34)/t22-/m1/s1. The van der Waals surface area contributed by atoms with Crippen LogP contribution in [0.25, 0.3) is 10.8 Å². The summed E-state index contributed by atoms with van der Waals surface area (Å²) in [5.41, 5.74) is -0.736. The first-order valence-corrected chi connectivity index (χ1v) is 11.4. The zero-order chi connectivity index (χ0) is 25.4. The van der Waals surface area contributed by atoms with Gasteiger partial charge in [0.25, 0.3) is 5.91 Å². The van der Waals surface area contributed by atoms with Crippen LogP contribution in [-0.4, -0.2) is 23.0 Å². The summed E-state index contributed by atoms with van der Waals surface area (Å²) in [5, 5.41) is 14.0. The van der Waals surface area contributed by atoms with Gasteiger partial charge in [0.05, 0.1) is 11.1 Å². The molecule has 0 radical (unpaired) electrons. The molecule has 1 aliphatic carbocycles. The van der Waals surface area contributed by atoms with E-state index in [-0.39, 0.29) is 17.9 Å². The summed E-state index contributed by atoms with van der Waals surface area (Å²) in [5.74, 6) is -1.56. The average molecular weight is 506 g/mol. The van der Waals surface area contributed by atoms with E-state index in [0.29, 0.717) is 28.8 Å². The number of halogens is 4. The fourth-order valence-electron chi connectivity index (χ4n) is 4.31. The van der Waals surface area contributed by atoms with Crippen molar-refractivity contribution in [1.29, 1.82) is 0 Å². The minimum atomic E-state index is -4.45. The number of benzene rings is 3. The van der Waals surface area contributed by atoms with Crippen molar-refractivity contribution < 1.29 is 32.6 Å². The van der Waals surface area contributed by atoms with Gasteiger partial charge in [0.15, 0.2) is 0 Å². The molecule has 184 valence electrons. The number of amides is 1. The molecule has 35 heavy (non-hydrogen) atoms. The zero-order valence-corrected chi connectivity index (χ0v) is 19.5. The van der Waals surface area contributed by atoms with Crippen LogP contribution >= 0.6 is 11.6 Å². The van der Waals surface area contributed by atoms with Gasteiger partial charge >= 0.3 is 12.1 Å². The summed E-state index contributed by atoms with van der Waals surface area (Å²) < 4.78 is 44.6. The van der Waals surface area contributed by atoms with Crippen LogP contribution in [0.5, 0.6) is 5.75 Å². The number of aliphatic carboxylic acids is 1. The van der Waals surface area contributed by atoms with Gasteiger partial charge in [0, 0.05) is 10.4 Å². The van der Waals surface area contributed by atoms with Crippen molar-refractivity contribution in [2.75, 3.05) is 0 Å². The van der Waals surface area contributed by atoms with Gasteiger partial charge in [-0.1, -0.05) is 49.2 Å². The van der Waals surface area contributed by atoms with Crippen molar-refractivity contribution in [3.05, 3.63) is 76.3 Å². The predicted octanol–water partition coefficient (Wildman–Crippen LogP) is 6.46. The molecule has 9 heteroatoms. The molecule has 0 aromatic heterocycles. The predicted molar refractivity (Wildman–Crippen MR) is 126 cm³/mol. The number of fused-ring (bicyclic) bond motifs is 1. The highest BCUT2D eigenvalue weighted by Gasteiger charge is 2.45. The van der Waals surface area contributed by atoms with Crippen molar-refractivity contribution >= 4 is 34.2 Å². The molecular formula is C26H23ClF3NO4. The second-order valence-corrected chi connectivity index (χ2v) is 9.48. The van der Waals surface area contributed by atoms with E-state index in [4.69, 9.17) is 16.3 Å². The molecule has 1 fully saturated rings. The maximum atomic E-state index is 13.2. The van der Waals surface area contributed by atoms with Crippen molar-refractivity contribution in [3.63, 3.8) is 0 Å². The third kappa shape index (κ3) is 5.22. The Bertz CT molecular complexity index is 1270. The molecule has 1 amide bonds. The topological polar surface area (TPSA) is 75.6 Å². The highest BCUT2D eigenvalue weighted by molar-refractivity contribution is 6.31. The lowest BCUT2D eigenvalue weighted by molar-refractivity contribution is -0.144. The molecule has 4 rings (SSSR count). The minimum Gasteiger partial charge on any atom is -0.487 e. The summed E-state index contributed by atoms with van der Waals surface area (Å²) in [6.07, 6.45) is -2.18. The van der Waals surface area contributed by atoms with Crippen LogP contribution in [0.2, 0.25) is 5.02 Å². The van der Waals surface area contributed by atoms with E-state index < -0.39 is 35.1 Å². The van der Waals surface area contributed by atoms with Gasteiger partial charge in [-0.05, 0) is 59.5 Å². The molecule has 1 saturated carbocycles. The second-order valence-electron chi connectivity index (χ2n) is 9.04. The lowest BCUT2D eigenvalue weighted by atomic mass is 9.65. The number of rotatable bonds is 7. The van der Waals surface area contributed by atoms with Crippen LogP contribution in [0.15, 0.2) is 54.6 Å². The number of carboxylic acids is 1. The van der Waals surface area contributed by atoms with Gasteiger partial charge in [-0.3, -0.25) is 4.79 Å². The van der Waals surface area contributed by atoms with E-state index in [9.17, 15) is 27.9 Å². The number of nitrogens with one attached hydrogen (secondary N) is 1. The molecule has 5 nitrogen and oxygen atoms in total. The monoisotopic (exact) mass is 505 g/mol. The Morgan fingerprint density at radius 1 is 1.11 bits per heavy atom. The smallest absolute Gasteiger partial charge is 0.416 e. The maximum Gasteiger partial charge on any atom is 0.416 e. The van der Waals surface area contributed by atoms with Crippen LogP contribution in [0.4, 0.5) is 13.2 Å². The van der Waals surface area contributed by atoms with Crippen LogP contribution in [-0.2, 0) is 17.6 Å². The van der Waals surface area contributed by atoms with Gasteiger partial charge in [-0.2, -0.15) is 13.2 Å². The number of hydrogen-bond donors (Lipinski definition) is 2. The fourth-order valence-corrected chi connectivity index (χ4v) is 4.48. The Morgan fingerprint density at radius 3 is 2.34 bits per heavy atom. The summed E-state index contributed by atoms with van der Waals surface area (Å²) >= 11 is 6.17. The summed E-state index contributed by atoms with van der Waals surface area (Å²) in [7, 11) is 0. The Labute approximate surface area is 204 Å². The van der Waals surface area contributed by atoms with Crippen molar-refractivity contribution in [2.24, 2.45) is 5.41 Å². The van der Waals surface area contributed by atoms with Gasteiger partial charge in [0.1, 0.15) is 18.4 Å². The molecule has 3 aromatic carbocycles. The van der Waals surface area contributed by atoms with Crippen molar-refractivity contribution in [3.8, 4) is 5.75 Å². The van der Waals surface area contributed by atoms with E-state index in [1.807, 2.05) is 6.92 Å².